The maximum Gasteiger partial charge on any atom is 0.304 e. The molecule has 106 valence electrons. The lowest BCUT2D eigenvalue weighted by molar-refractivity contribution is -0.138. The average molecular weight is 272 g/mol. The minimum Gasteiger partial charge on any atom is -0.496 e. The van der Waals surface area contributed by atoms with Crippen LogP contribution < -0.4 is 4.74 Å². The van der Waals surface area contributed by atoms with Crippen LogP contribution in [0.3, 0.4) is 0 Å². The number of carboxylic acids is 1. The zero-order valence-corrected chi connectivity index (χ0v) is 11.5. The molecule has 1 aromatic rings. The molecule has 3 nitrogen and oxygen atoms in total. The smallest absolute Gasteiger partial charge is 0.304 e. The Hall–Kier alpha value is -1.65. The van der Waals surface area contributed by atoms with Crippen molar-refractivity contribution in [1.82, 2.24) is 0 Å². The van der Waals surface area contributed by atoms with Crippen molar-refractivity contribution >= 4 is 5.97 Å². The molecule has 0 aliphatic carbocycles. The minimum absolute atomic E-state index is 0.151. The summed E-state index contributed by atoms with van der Waals surface area (Å²) in [5.41, 5.74) is -0.475. The van der Waals surface area contributed by atoms with Crippen molar-refractivity contribution in [1.29, 1.82) is 0 Å². The number of ether oxygens (including phenoxy) is 1. The number of methoxy groups -OCH3 is 1. The Balaban J connectivity index is 3.34. The quantitative estimate of drug-likeness (QED) is 0.891. The third kappa shape index (κ3) is 3.66. The van der Waals surface area contributed by atoms with Crippen molar-refractivity contribution in [2.45, 2.75) is 38.5 Å². The first kappa shape index (κ1) is 15.4. The van der Waals surface area contributed by atoms with Crippen molar-refractivity contribution in [3.8, 4) is 5.75 Å². The van der Waals surface area contributed by atoms with E-state index in [1.165, 1.54) is 25.3 Å². The van der Waals surface area contributed by atoms with E-state index >= 15 is 0 Å². The molecule has 0 fully saturated rings. The summed E-state index contributed by atoms with van der Waals surface area (Å²) in [6, 6.07) is 4.06. The number of carbonyl (C=O) groups is 1. The second kappa shape index (κ2) is 5.15. The van der Waals surface area contributed by atoms with E-state index in [2.05, 4.69) is 0 Å². The molecule has 0 saturated carbocycles. The third-order valence-corrected chi connectivity index (χ3v) is 3.03. The monoisotopic (exact) mass is 272 g/mol. The van der Waals surface area contributed by atoms with Crippen molar-refractivity contribution in [2.75, 3.05) is 7.11 Å². The average Bonchev–Trinajstić information content (AvgIpc) is 2.25. The zero-order valence-electron chi connectivity index (χ0n) is 11.5. The SMILES string of the molecule is COc1ccc(C(C)(F)F)cc1C(C)(C)CC(=O)O. The molecule has 0 bridgehead atoms. The van der Waals surface area contributed by atoms with Gasteiger partial charge in [-0.15, -0.1) is 0 Å². The third-order valence-electron chi connectivity index (χ3n) is 3.03. The molecule has 0 aliphatic rings. The number of hydrogen-bond acceptors (Lipinski definition) is 2. The molecule has 5 heteroatoms. The highest BCUT2D eigenvalue weighted by atomic mass is 19.3. The predicted octanol–water partition coefficient (Wildman–Crippen LogP) is 3.56. The minimum atomic E-state index is -2.97. The molecular formula is C14H18F2O3. The lowest BCUT2D eigenvalue weighted by Crippen LogP contribution is -2.23. The van der Waals surface area contributed by atoms with Gasteiger partial charge >= 0.3 is 5.97 Å². The number of benzene rings is 1. The fraction of sp³-hybridized carbons (Fsp3) is 0.500. The Morgan fingerprint density at radius 1 is 1.32 bits per heavy atom. The molecule has 0 atom stereocenters. The molecule has 0 spiro atoms. The second-order valence-corrected chi connectivity index (χ2v) is 5.26. The van der Waals surface area contributed by atoms with Gasteiger partial charge in [0.15, 0.2) is 0 Å². The molecule has 0 aromatic heterocycles. The summed E-state index contributed by atoms with van der Waals surface area (Å²) in [6.07, 6.45) is -0.165. The molecular weight excluding hydrogens is 254 g/mol. The van der Waals surface area contributed by atoms with Crippen molar-refractivity contribution in [2.24, 2.45) is 0 Å². The summed E-state index contributed by atoms with van der Waals surface area (Å²) in [5, 5.41) is 8.91. The molecule has 0 saturated heterocycles. The standard InChI is InChI=1S/C14H18F2O3/c1-13(2,8-12(17)18)10-7-9(14(3,15)16)5-6-11(10)19-4/h5-7H,8H2,1-4H3,(H,17,18). The van der Waals surface area contributed by atoms with E-state index in [0.29, 0.717) is 11.3 Å². The molecule has 1 aromatic carbocycles. The first-order chi connectivity index (χ1) is 8.58. The molecule has 1 rings (SSSR count). The summed E-state index contributed by atoms with van der Waals surface area (Å²) in [4.78, 5) is 10.9. The van der Waals surface area contributed by atoms with Crippen LogP contribution in [0, 0.1) is 0 Å². The molecule has 0 amide bonds. The van der Waals surface area contributed by atoms with E-state index in [4.69, 9.17) is 9.84 Å². The number of rotatable bonds is 5. The highest BCUT2D eigenvalue weighted by Crippen LogP contribution is 2.38. The highest BCUT2D eigenvalue weighted by molar-refractivity contribution is 5.69. The van der Waals surface area contributed by atoms with E-state index in [1.807, 2.05) is 0 Å². The van der Waals surface area contributed by atoms with Gasteiger partial charge in [0.1, 0.15) is 5.75 Å². The van der Waals surface area contributed by atoms with Gasteiger partial charge in [-0.2, -0.15) is 0 Å². The zero-order chi connectivity index (χ0) is 14.8. The van der Waals surface area contributed by atoms with Crippen LogP contribution in [-0.4, -0.2) is 18.2 Å². The molecule has 1 N–H and O–H groups in total. The summed E-state index contributed by atoms with van der Waals surface area (Å²) in [5.74, 6) is -3.54. The van der Waals surface area contributed by atoms with E-state index in [-0.39, 0.29) is 12.0 Å². The van der Waals surface area contributed by atoms with Crippen LogP contribution in [0.15, 0.2) is 18.2 Å². The topological polar surface area (TPSA) is 46.5 Å². The first-order valence-electron chi connectivity index (χ1n) is 5.86. The maximum atomic E-state index is 13.4. The van der Waals surface area contributed by atoms with Gasteiger partial charge in [0.05, 0.1) is 13.5 Å². The van der Waals surface area contributed by atoms with Gasteiger partial charge < -0.3 is 9.84 Å². The Morgan fingerprint density at radius 3 is 2.32 bits per heavy atom. The summed E-state index contributed by atoms with van der Waals surface area (Å²) < 4.78 is 31.9. The molecule has 0 heterocycles. The summed E-state index contributed by atoms with van der Waals surface area (Å²) >= 11 is 0. The fourth-order valence-electron chi connectivity index (χ4n) is 1.98. The Morgan fingerprint density at radius 2 is 1.89 bits per heavy atom. The van der Waals surface area contributed by atoms with Crippen LogP contribution in [0.2, 0.25) is 0 Å². The molecule has 0 radical (unpaired) electrons. The lowest BCUT2D eigenvalue weighted by atomic mass is 9.80. The van der Waals surface area contributed by atoms with Crippen LogP contribution in [-0.2, 0) is 16.1 Å². The van der Waals surface area contributed by atoms with Gasteiger partial charge in [-0.1, -0.05) is 13.8 Å². The highest BCUT2D eigenvalue weighted by Gasteiger charge is 2.31. The van der Waals surface area contributed by atoms with Crippen LogP contribution >= 0.6 is 0 Å². The Kier molecular flexibility index (Phi) is 4.18. The van der Waals surface area contributed by atoms with Crippen molar-refractivity contribution in [3.05, 3.63) is 29.3 Å². The van der Waals surface area contributed by atoms with Gasteiger partial charge in [0.25, 0.3) is 5.92 Å². The van der Waals surface area contributed by atoms with Gasteiger partial charge in [0.2, 0.25) is 0 Å². The number of carboxylic acid groups (broad SMARTS) is 1. The van der Waals surface area contributed by atoms with Gasteiger partial charge in [-0.3, -0.25) is 4.79 Å². The van der Waals surface area contributed by atoms with E-state index in [1.54, 1.807) is 13.8 Å². The van der Waals surface area contributed by atoms with E-state index in [9.17, 15) is 13.6 Å². The lowest BCUT2D eigenvalue weighted by Gasteiger charge is -2.26. The van der Waals surface area contributed by atoms with Crippen LogP contribution in [0.25, 0.3) is 0 Å². The number of aliphatic carboxylic acids is 1. The normalized spacial score (nSPS) is 12.3. The molecule has 0 aliphatic heterocycles. The van der Waals surface area contributed by atoms with Crippen LogP contribution in [0.4, 0.5) is 8.78 Å². The van der Waals surface area contributed by atoms with E-state index < -0.39 is 17.3 Å². The summed E-state index contributed by atoms with van der Waals surface area (Å²) in [6.45, 7) is 4.19. The van der Waals surface area contributed by atoms with Gasteiger partial charge in [0, 0.05) is 23.5 Å². The molecule has 0 unspecified atom stereocenters. The number of halogens is 2. The maximum absolute atomic E-state index is 13.4. The Bertz CT molecular complexity index is 476. The summed E-state index contributed by atoms with van der Waals surface area (Å²) in [7, 11) is 1.43. The molecule has 19 heavy (non-hydrogen) atoms. The predicted molar refractivity (Wildman–Crippen MR) is 67.8 cm³/mol. The van der Waals surface area contributed by atoms with Gasteiger partial charge in [-0.25, -0.2) is 8.78 Å². The number of alkyl halides is 2. The van der Waals surface area contributed by atoms with Crippen LogP contribution in [0.5, 0.6) is 5.75 Å². The Labute approximate surface area is 111 Å². The van der Waals surface area contributed by atoms with Crippen molar-refractivity contribution < 1.29 is 23.4 Å². The number of hydrogen-bond donors (Lipinski definition) is 1. The van der Waals surface area contributed by atoms with Gasteiger partial charge in [-0.05, 0) is 18.2 Å². The van der Waals surface area contributed by atoms with Crippen molar-refractivity contribution in [3.63, 3.8) is 0 Å². The fourth-order valence-corrected chi connectivity index (χ4v) is 1.98. The largest absolute Gasteiger partial charge is 0.496 e. The van der Waals surface area contributed by atoms with E-state index in [0.717, 1.165) is 6.92 Å². The second-order valence-electron chi connectivity index (χ2n) is 5.26. The van der Waals surface area contributed by atoms with Crippen LogP contribution in [0.1, 0.15) is 38.3 Å². The first-order valence-corrected chi connectivity index (χ1v) is 5.86.